The Morgan fingerprint density at radius 1 is 0.339 bits per heavy atom. The lowest BCUT2D eigenvalue weighted by Crippen LogP contribution is -2.01. The van der Waals surface area contributed by atoms with E-state index in [1.54, 1.807) is 0 Å². The Bertz CT molecular complexity index is 3180. The third-order valence-corrected chi connectivity index (χ3v) is 10.7. The van der Waals surface area contributed by atoms with E-state index >= 15 is 0 Å². The molecular formula is C51H32N4O. The van der Waals surface area contributed by atoms with Gasteiger partial charge in [-0.25, -0.2) is 15.0 Å². The second-order valence-corrected chi connectivity index (χ2v) is 14.0. The molecule has 0 bridgehead atoms. The van der Waals surface area contributed by atoms with Crippen LogP contribution in [0.5, 0.6) is 0 Å². The third kappa shape index (κ3) is 5.37. The summed E-state index contributed by atoms with van der Waals surface area (Å²) < 4.78 is 8.83. The molecule has 3 aromatic heterocycles. The van der Waals surface area contributed by atoms with Crippen LogP contribution in [0, 0.1) is 0 Å². The summed E-state index contributed by atoms with van der Waals surface area (Å²) in [4.78, 5) is 15.4. The van der Waals surface area contributed by atoms with Gasteiger partial charge in [0.05, 0.1) is 11.0 Å². The maximum atomic E-state index is 6.52. The number of hydrogen-bond acceptors (Lipinski definition) is 4. The van der Waals surface area contributed by atoms with Gasteiger partial charge in [0, 0.05) is 43.9 Å². The number of furan rings is 1. The van der Waals surface area contributed by atoms with Gasteiger partial charge in [0.25, 0.3) is 0 Å². The van der Waals surface area contributed by atoms with E-state index in [4.69, 9.17) is 19.4 Å². The van der Waals surface area contributed by atoms with Gasteiger partial charge in [-0.15, -0.1) is 0 Å². The van der Waals surface area contributed by atoms with Gasteiger partial charge in [-0.05, 0) is 64.7 Å². The number of fused-ring (bicyclic) bond motifs is 6. The lowest BCUT2D eigenvalue weighted by Gasteiger charge is -2.12. The first-order valence-electron chi connectivity index (χ1n) is 18.8. The normalized spacial score (nSPS) is 11.6. The Kier molecular flexibility index (Phi) is 7.42. The number of nitrogens with zero attached hydrogens (tertiary/aromatic N) is 4. The first-order chi connectivity index (χ1) is 27.7. The molecule has 0 atom stereocenters. The zero-order valence-corrected chi connectivity index (χ0v) is 30.2. The van der Waals surface area contributed by atoms with Crippen LogP contribution in [0.2, 0.25) is 0 Å². The lowest BCUT2D eigenvalue weighted by atomic mass is 9.99. The molecule has 11 rings (SSSR count). The summed E-state index contributed by atoms with van der Waals surface area (Å²) in [5.74, 6) is 1.77. The van der Waals surface area contributed by atoms with Crippen molar-refractivity contribution in [2.24, 2.45) is 0 Å². The number of benzene rings is 8. The molecule has 0 aliphatic heterocycles. The van der Waals surface area contributed by atoms with Crippen molar-refractivity contribution in [1.29, 1.82) is 0 Å². The highest BCUT2D eigenvalue weighted by Gasteiger charge is 2.18. The lowest BCUT2D eigenvalue weighted by molar-refractivity contribution is 0.669. The summed E-state index contributed by atoms with van der Waals surface area (Å²) in [6.45, 7) is 0. The van der Waals surface area contributed by atoms with E-state index < -0.39 is 0 Å². The van der Waals surface area contributed by atoms with Crippen LogP contribution in [0.15, 0.2) is 199 Å². The second kappa shape index (κ2) is 13.0. The standard InChI is InChI=1S/C51H32N4O/c1-3-13-33(14-4-1)34-25-27-36(28-26-34)49-52-50(37-17-11-18-39(31-37)55-44-22-9-7-19-41(44)42-20-8-10-23-45(42)55)54-51(53-49)38-29-30-43-47(32-38)56-46-24-12-21-40(48(43)46)35-15-5-2-6-16-35/h1-32H. The molecule has 0 saturated carbocycles. The first-order valence-corrected chi connectivity index (χ1v) is 18.8. The van der Waals surface area contributed by atoms with Crippen LogP contribution in [0.1, 0.15) is 0 Å². The van der Waals surface area contributed by atoms with Gasteiger partial charge >= 0.3 is 0 Å². The molecule has 5 nitrogen and oxygen atoms in total. The van der Waals surface area contributed by atoms with E-state index in [-0.39, 0.29) is 0 Å². The van der Waals surface area contributed by atoms with E-state index in [9.17, 15) is 0 Å². The van der Waals surface area contributed by atoms with Crippen LogP contribution in [0.4, 0.5) is 0 Å². The molecule has 8 aromatic carbocycles. The van der Waals surface area contributed by atoms with Crippen LogP contribution in [-0.4, -0.2) is 19.5 Å². The van der Waals surface area contributed by atoms with Gasteiger partial charge in [0.15, 0.2) is 17.5 Å². The van der Waals surface area contributed by atoms with Gasteiger partial charge in [-0.2, -0.15) is 0 Å². The number of para-hydroxylation sites is 2. The predicted octanol–water partition coefficient (Wildman–Crippen LogP) is 13.2. The van der Waals surface area contributed by atoms with Crippen molar-refractivity contribution in [2.75, 3.05) is 0 Å². The summed E-state index contributed by atoms with van der Waals surface area (Å²) in [5, 5.41) is 4.58. The Hall–Kier alpha value is -7.63. The van der Waals surface area contributed by atoms with Crippen molar-refractivity contribution in [3.63, 3.8) is 0 Å². The molecule has 5 heteroatoms. The van der Waals surface area contributed by atoms with Crippen LogP contribution in [0.3, 0.4) is 0 Å². The van der Waals surface area contributed by atoms with Gasteiger partial charge < -0.3 is 8.98 Å². The van der Waals surface area contributed by atoms with Crippen LogP contribution in [-0.2, 0) is 0 Å². The molecule has 0 spiro atoms. The first kappa shape index (κ1) is 31.9. The maximum absolute atomic E-state index is 6.52. The minimum absolute atomic E-state index is 0.574. The Labute approximate surface area is 322 Å². The molecule has 0 saturated heterocycles. The average molecular weight is 717 g/mol. The third-order valence-electron chi connectivity index (χ3n) is 10.7. The topological polar surface area (TPSA) is 56.7 Å². The smallest absolute Gasteiger partial charge is 0.164 e. The van der Waals surface area contributed by atoms with Crippen molar-refractivity contribution in [2.45, 2.75) is 0 Å². The van der Waals surface area contributed by atoms with Gasteiger partial charge in [0.2, 0.25) is 0 Å². The SMILES string of the molecule is c1ccc(-c2ccc(-c3nc(-c4cccc(-n5c6ccccc6c6ccccc65)c4)nc(-c4ccc5c(c4)oc4cccc(-c6ccccc6)c45)n3)cc2)cc1. The zero-order valence-electron chi connectivity index (χ0n) is 30.2. The summed E-state index contributed by atoms with van der Waals surface area (Å²) in [6, 6.07) is 67.4. The van der Waals surface area contributed by atoms with Crippen LogP contribution >= 0.6 is 0 Å². The number of rotatable bonds is 6. The quantitative estimate of drug-likeness (QED) is 0.172. The molecule has 0 fully saturated rings. The molecule has 0 amide bonds. The molecule has 262 valence electrons. The molecule has 3 heterocycles. The maximum Gasteiger partial charge on any atom is 0.164 e. The molecule has 0 aliphatic carbocycles. The highest BCUT2D eigenvalue weighted by Crippen LogP contribution is 2.39. The highest BCUT2D eigenvalue weighted by molar-refractivity contribution is 6.13. The predicted molar refractivity (Wildman–Crippen MR) is 229 cm³/mol. The van der Waals surface area contributed by atoms with E-state index in [0.29, 0.717) is 17.5 Å². The summed E-state index contributed by atoms with van der Waals surface area (Å²) in [5.41, 5.74) is 12.2. The van der Waals surface area contributed by atoms with Gasteiger partial charge in [-0.3, -0.25) is 0 Å². The zero-order chi connectivity index (χ0) is 37.0. The molecule has 0 radical (unpaired) electrons. The molecular weight excluding hydrogens is 685 g/mol. The van der Waals surface area contributed by atoms with Crippen molar-refractivity contribution < 1.29 is 4.42 Å². The van der Waals surface area contributed by atoms with Crippen molar-refractivity contribution >= 4 is 43.7 Å². The molecule has 56 heavy (non-hydrogen) atoms. The summed E-state index contributed by atoms with van der Waals surface area (Å²) >= 11 is 0. The molecule has 11 aromatic rings. The second-order valence-electron chi connectivity index (χ2n) is 14.0. The van der Waals surface area contributed by atoms with E-state index in [2.05, 4.69) is 180 Å². The van der Waals surface area contributed by atoms with Crippen molar-refractivity contribution in [3.8, 4) is 62.1 Å². The fourth-order valence-electron chi connectivity index (χ4n) is 8.01. The highest BCUT2D eigenvalue weighted by atomic mass is 16.3. The van der Waals surface area contributed by atoms with Crippen molar-refractivity contribution in [3.05, 3.63) is 194 Å². The summed E-state index contributed by atoms with van der Waals surface area (Å²) in [7, 11) is 0. The molecule has 0 aliphatic rings. The van der Waals surface area contributed by atoms with E-state index in [0.717, 1.165) is 77.6 Å². The fourth-order valence-corrected chi connectivity index (χ4v) is 8.01. The monoisotopic (exact) mass is 716 g/mol. The Balaban J connectivity index is 1.07. The van der Waals surface area contributed by atoms with Crippen molar-refractivity contribution in [1.82, 2.24) is 19.5 Å². The Morgan fingerprint density at radius 3 is 1.55 bits per heavy atom. The minimum atomic E-state index is 0.574. The Morgan fingerprint density at radius 2 is 0.857 bits per heavy atom. The molecule has 0 unspecified atom stereocenters. The molecule has 0 N–H and O–H groups in total. The summed E-state index contributed by atoms with van der Waals surface area (Å²) in [6.07, 6.45) is 0. The minimum Gasteiger partial charge on any atom is -0.456 e. The largest absolute Gasteiger partial charge is 0.456 e. The van der Waals surface area contributed by atoms with Gasteiger partial charge in [-0.1, -0.05) is 152 Å². The number of hydrogen-bond donors (Lipinski definition) is 0. The van der Waals surface area contributed by atoms with E-state index in [1.165, 1.54) is 10.8 Å². The fraction of sp³-hybridized carbons (Fsp3) is 0. The van der Waals surface area contributed by atoms with E-state index in [1.807, 2.05) is 18.2 Å². The average Bonchev–Trinajstić information content (AvgIpc) is 3.82. The van der Waals surface area contributed by atoms with Gasteiger partial charge in [0.1, 0.15) is 11.2 Å². The van der Waals surface area contributed by atoms with Crippen LogP contribution in [0.25, 0.3) is 106 Å². The van der Waals surface area contributed by atoms with Crippen LogP contribution < -0.4 is 0 Å². The number of aromatic nitrogens is 4.